The monoisotopic (exact) mass is 217 g/mol. The van der Waals surface area contributed by atoms with Gasteiger partial charge in [0.15, 0.2) is 0 Å². The molecule has 0 aromatic heterocycles. The highest BCUT2D eigenvalue weighted by Crippen LogP contribution is 2.31. The lowest BCUT2D eigenvalue weighted by Crippen LogP contribution is -2.13. The van der Waals surface area contributed by atoms with Crippen LogP contribution in [0.5, 0.6) is 0 Å². The molecule has 0 saturated heterocycles. The summed E-state index contributed by atoms with van der Waals surface area (Å²) in [6, 6.07) is 4.29. The van der Waals surface area contributed by atoms with Crippen LogP contribution in [0.25, 0.3) is 0 Å². The van der Waals surface area contributed by atoms with Gasteiger partial charge < -0.3 is 5.21 Å². The highest BCUT2D eigenvalue weighted by molar-refractivity contribution is 6.35. The summed E-state index contributed by atoms with van der Waals surface area (Å²) in [6.07, 6.45) is -4.18. The van der Waals surface area contributed by atoms with Gasteiger partial charge >= 0.3 is 6.18 Å². The first kappa shape index (κ1) is 11.2. The number of ketones is 1. The van der Waals surface area contributed by atoms with E-state index in [4.69, 9.17) is 5.21 Å². The van der Waals surface area contributed by atoms with Crippen molar-refractivity contribution in [1.29, 1.82) is 0 Å². The van der Waals surface area contributed by atoms with Gasteiger partial charge in [-0.15, -0.1) is 0 Å². The van der Waals surface area contributed by atoms with Crippen LogP contribution in [0.4, 0.5) is 13.2 Å². The van der Waals surface area contributed by atoms with E-state index in [9.17, 15) is 18.0 Å². The van der Waals surface area contributed by atoms with Crippen LogP contribution in [0.1, 0.15) is 15.9 Å². The number of nitrogens with zero attached hydrogens (tertiary/aromatic N) is 1. The van der Waals surface area contributed by atoms with Crippen molar-refractivity contribution in [3.63, 3.8) is 0 Å². The van der Waals surface area contributed by atoms with E-state index in [0.717, 1.165) is 12.1 Å². The number of oxime groups is 1. The molecule has 0 amide bonds. The smallest absolute Gasteiger partial charge is 0.411 e. The fourth-order valence-electron chi connectivity index (χ4n) is 1.07. The van der Waals surface area contributed by atoms with E-state index in [2.05, 4.69) is 5.16 Å². The Morgan fingerprint density at radius 2 is 1.93 bits per heavy atom. The van der Waals surface area contributed by atoms with Gasteiger partial charge in [0.2, 0.25) is 5.78 Å². The van der Waals surface area contributed by atoms with Crippen molar-refractivity contribution in [2.75, 3.05) is 0 Å². The summed E-state index contributed by atoms with van der Waals surface area (Å²) in [7, 11) is 0. The number of alkyl halides is 3. The Morgan fingerprint density at radius 1 is 1.33 bits per heavy atom. The van der Waals surface area contributed by atoms with Crippen LogP contribution in [0.3, 0.4) is 0 Å². The fraction of sp³-hybridized carbons (Fsp3) is 0.111. The molecule has 3 nitrogen and oxygen atoms in total. The van der Waals surface area contributed by atoms with Crippen LogP contribution in [-0.2, 0) is 6.18 Å². The summed E-state index contributed by atoms with van der Waals surface area (Å²) in [4.78, 5) is 11.1. The van der Waals surface area contributed by atoms with Gasteiger partial charge in [0.1, 0.15) is 6.21 Å². The molecule has 0 bridgehead atoms. The molecule has 0 aliphatic carbocycles. The average molecular weight is 217 g/mol. The van der Waals surface area contributed by atoms with Gasteiger partial charge in [0.05, 0.1) is 5.56 Å². The Morgan fingerprint density at radius 3 is 2.47 bits per heavy atom. The molecule has 0 unspecified atom stereocenters. The normalized spacial score (nSPS) is 11.9. The molecule has 1 aromatic rings. The van der Waals surface area contributed by atoms with Crippen LogP contribution in [0.2, 0.25) is 0 Å². The summed E-state index contributed by atoms with van der Waals surface area (Å²) in [5, 5.41) is 10.5. The van der Waals surface area contributed by atoms with Crippen molar-refractivity contribution in [3.8, 4) is 0 Å². The summed E-state index contributed by atoms with van der Waals surface area (Å²) < 4.78 is 37.2. The van der Waals surface area contributed by atoms with E-state index >= 15 is 0 Å². The third-order valence-electron chi connectivity index (χ3n) is 1.67. The van der Waals surface area contributed by atoms with Crippen LogP contribution in [0.15, 0.2) is 29.4 Å². The van der Waals surface area contributed by atoms with Crippen LogP contribution in [0, 0.1) is 0 Å². The second-order valence-corrected chi connectivity index (χ2v) is 2.65. The van der Waals surface area contributed by atoms with E-state index in [1.807, 2.05) is 0 Å². The molecular weight excluding hydrogens is 211 g/mol. The predicted molar refractivity (Wildman–Crippen MR) is 46.1 cm³/mol. The Hall–Kier alpha value is -1.85. The third-order valence-corrected chi connectivity index (χ3v) is 1.67. The Bertz CT molecular complexity index is 399. The average Bonchev–Trinajstić information content (AvgIpc) is 2.17. The van der Waals surface area contributed by atoms with Gasteiger partial charge in [-0.05, 0) is 6.07 Å². The third kappa shape index (κ3) is 2.55. The van der Waals surface area contributed by atoms with Crippen molar-refractivity contribution in [2.24, 2.45) is 5.16 Å². The minimum Gasteiger partial charge on any atom is -0.411 e. The maximum Gasteiger partial charge on any atom is 0.417 e. The summed E-state index contributed by atoms with van der Waals surface area (Å²) in [6.45, 7) is 0. The zero-order valence-electron chi connectivity index (χ0n) is 7.32. The Balaban J connectivity index is 3.24. The fourth-order valence-corrected chi connectivity index (χ4v) is 1.07. The van der Waals surface area contributed by atoms with E-state index in [1.165, 1.54) is 12.1 Å². The van der Waals surface area contributed by atoms with E-state index in [1.54, 1.807) is 0 Å². The standard InChI is InChI=1S/C9H6F3NO2/c10-9(11,12)7-4-2-1-3-6(7)8(14)5-13-15/h1-5,15H/b13-5+. The number of rotatable bonds is 2. The highest BCUT2D eigenvalue weighted by Gasteiger charge is 2.34. The molecule has 0 heterocycles. The maximum absolute atomic E-state index is 12.4. The zero-order chi connectivity index (χ0) is 11.5. The van der Waals surface area contributed by atoms with Crippen molar-refractivity contribution >= 4 is 12.0 Å². The molecule has 0 aliphatic heterocycles. The van der Waals surface area contributed by atoms with Crippen LogP contribution in [-0.4, -0.2) is 17.2 Å². The molecule has 0 saturated carbocycles. The zero-order valence-corrected chi connectivity index (χ0v) is 7.32. The van der Waals surface area contributed by atoms with Gasteiger partial charge in [-0.1, -0.05) is 23.4 Å². The number of Topliss-reactive ketones (excluding diaryl/α,β-unsaturated/α-hetero) is 1. The summed E-state index contributed by atoms with van der Waals surface area (Å²) in [5.41, 5.74) is -1.59. The second kappa shape index (κ2) is 4.12. The maximum atomic E-state index is 12.4. The quantitative estimate of drug-likeness (QED) is 0.357. The second-order valence-electron chi connectivity index (χ2n) is 2.65. The van der Waals surface area contributed by atoms with E-state index in [-0.39, 0.29) is 0 Å². The first-order valence-electron chi connectivity index (χ1n) is 3.85. The highest BCUT2D eigenvalue weighted by atomic mass is 19.4. The Labute approximate surface area is 82.8 Å². The lowest BCUT2D eigenvalue weighted by molar-refractivity contribution is -0.137. The van der Waals surface area contributed by atoms with Gasteiger partial charge in [0.25, 0.3) is 0 Å². The van der Waals surface area contributed by atoms with Gasteiger partial charge in [-0.3, -0.25) is 4.79 Å². The number of hydrogen-bond donors (Lipinski definition) is 1. The lowest BCUT2D eigenvalue weighted by atomic mass is 10.0. The molecule has 0 radical (unpaired) electrons. The van der Waals surface area contributed by atoms with Crippen LogP contribution >= 0.6 is 0 Å². The van der Waals surface area contributed by atoms with E-state index < -0.39 is 23.1 Å². The van der Waals surface area contributed by atoms with Crippen molar-refractivity contribution in [2.45, 2.75) is 6.18 Å². The lowest BCUT2D eigenvalue weighted by Gasteiger charge is -2.09. The SMILES string of the molecule is O=C(/C=N/O)c1ccccc1C(F)(F)F. The number of halogens is 3. The van der Waals surface area contributed by atoms with E-state index in [0.29, 0.717) is 6.21 Å². The number of hydrogen-bond acceptors (Lipinski definition) is 3. The van der Waals surface area contributed by atoms with Crippen molar-refractivity contribution < 1.29 is 23.2 Å². The first-order chi connectivity index (χ1) is 6.96. The molecule has 1 aromatic carbocycles. The first-order valence-corrected chi connectivity index (χ1v) is 3.85. The molecule has 80 valence electrons. The van der Waals surface area contributed by atoms with Crippen molar-refractivity contribution in [1.82, 2.24) is 0 Å². The molecular formula is C9H6F3NO2. The molecule has 0 spiro atoms. The van der Waals surface area contributed by atoms with Gasteiger partial charge in [-0.2, -0.15) is 13.2 Å². The molecule has 1 rings (SSSR count). The number of benzene rings is 1. The topological polar surface area (TPSA) is 49.7 Å². The van der Waals surface area contributed by atoms with Gasteiger partial charge in [-0.25, -0.2) is 0 Å². The number of carbonyl (C=O) groups is 1. The molecule has 0 aliphatic rings. The summed E-state index contributed by atoms with van der Waals surface area (Å²) >= 11 is 0. The van der Waals surface area contributed by atoms with Crippen molar-refractivity contribution in [3.05, 3.63) is 35.4 Å². The largest absolute Gasteiger partial charge is 0.417 e. The number of carbonyl (C=O) groups excluding carboxylic acids is 1. The summed E-state index contributed by atoms with van der Waals surface area (Å²) in [5.74, 6) is -0.995. The Kier molecular flexibility index (Phi) is 3.08. The van der Waals surface area contributed by atoms with Gasteiger partial charge in [0, 0.05) is 5.56 Å². The molecule has 0 fully saturated rings. The van der Waals surface area contributed by atoms with Crippen LogP contribution < -0.4 is 0 Å². The molecule has 0 atom stereocenters. The minimum absolute atomic E-state index is 0.421. The predicted octanol–water partition coefficient (Wildman–Crippen LogP) is 2.35. The molecule has 1 N–H and O–H groups in total. The molecule has 6 heteroatoms. The minimum atomic E-state index is -4.60. The molecule has 15 heavy (non-hydrogen) atoms.